The SMILES string of the molecule is COc1cccc(F)c1CN1CCC[C@@H](c2cn(-c3ccc4[nH]nc(/C(C=C(C)C)=C(\C)C=N)c4c3)nn2)C1. The lowest BCUT2D eigenvalue weighted by Gasteiger charge is -2.32. The molecule has 1 fully saturated rings. The first kappa shape index (κ1) is 26.5. The number of nitrogens with zero attached hydrogens (tertiary/aromatic N) is 5. The highest BCUT2D eigenvalue weighted by Gasteiger charge is 2.25. The lowest BCUT2D eigenvalue weighted by molar-refractivity contribution is 0.194. The number of allylic oxidation sites excluding steroid dienone is 4. The van der Waals surface area contributed by atoms with Crippen molar-refractivity contribution in [3.8, 4) is 11.4 Å². The Hall–Kier alpha value is -4.11. The number of halogens is 1. The molecule has 0 spiro atoms. The minimum absolute atomic E-state index is 0.209. The van der Waals surface area contributed by atoms with Gasteiger partial charge in [0.25, 0.3) is 0 Å². The van der Waals surface area contributed by atoms with Gasteiger partial charge in [-0.3, -0.25) is 10.00 Å². The summed E-state index contributed by atoms with van der Waals surface area (Å²) in [7, 11) is 1.58. The molecule has 1 aliphatic rings. The molecule has 0 saturated carbocycles. The molecule has 39 heavy (non-hydrogen) atoms. The Morgan fingerprint density at radius 2 is 2.08 bits per heavy atom. The van der Waals surface area contributed by atoms with Gasteiger partial charge in [0, 0.05) is 41.7 Å². The maximum absolute atomic E-state index is 14.5. The summed E-state index contributed by atoms with van der Waals surface area (Å²) in [5.41, 5.74) is 7.02. The molecular weight excluding hydrogens is 493 g/mol. The zero-order valence-corrected chi connectivity index (χ0v) is 22.8. The smallest absolute Gasteiger partial charge is 0.131 e. The minimum Gasteiger partial charge on any atom is -0.496 e. The summed E-state index contributed by atoms with van der Waals surface area (Å²) in [5.74, 6) is 0.547. The Labute approximate surface area is 227 Å². The van der Waals surface area contributed by atoms with Gasteiger partial charge in [-0.05, 0) is 76.1 Å². The van der Waals surface area contributed by atoms with E-state index in [9.17, 15) is 4.39 Å². The second kappa shape index (κ2) is 11.3. The molecule has 0 unspecified atom stereocenters. The molecule has 4 aromatic rings. The number of hydrogen-bond donors (Lipinski definition) is 2. The van der Waals surface area contributed by atoms with E-state index in [2.05, 4.69) is 37.6 Å². The Morgan fingerprint density at radius 1 is 1.23 bits per heavy atom. The molecule has 2 aromatic heterocycles. The van der Waals surface area contributed by atoms with Crippen LogP contribution in [0.1, 0.15) is 56.5 Å². The van der Waals surface area contributed by atoms with E-state index in [1.165, 1.54) is 12.3 Å². The summed E-state index contributed by atoms with van der Waals surface area (Å²) >= 11 is 0. The number of aromatic amines is 1. The normalized spacial score (nSPS) is 16.7. The van der Waals surface area contributed by atoms with Gasteiger partial charge in [-0.15, -0.1) is 5.10 Å². The van der Waals surface area contributed by atoms with Crippen LogP contribution < -0.4 is 4.74 Å². The van der Waals surface area contributed by atoms with E-state index in [0.29, 0.717) is 17.9 Å². The van der Waals surface area contributed by atoms with Crippen LogP contribution in [0.2, 0.25) is 0 Å². The van der Waals surface area contributed by atoms with Crippen LogP contribution in [-0.2, 0) is 6.54 Å². The molecule has 1 aliphatic heterocycles. The van der Waals surface area contributed by atoms with Crippen molar-refractivity contribution in [2.24, 2.45) is 0 Å². The van der Waals surface area contributed by atoms with Crippen molar-refractivity contribution in [3.05, 3.63) is 82.6 Å². The van der Waals surface area contributed by atoms with E-state index in [1.807, 2.05) is 39.1 Å². The summed E-state index contributed by atoms with van der Waals surface area (Å²) in [6.07, 6.45) is 7.42. The summed E-state index contributed by atoms with van der Waals surface area (Å²) in [6, 6.07) is 11.0. The summed E-state index contributed by atoms with van der Waals surface area (Å²) in [4.78, 5) is 2.26. The molecule has 0 bridgehead atoms. The summed E-state index contributed by atoms with van der Waals surface area (Å²) in [6.45, 7) is 8.17. The van der Waals surface area contributed by atoms with Gasteiger partial charge in [0.1, 0.15) is 17.3 Å². The number of piperidine rings is 1. The Kier molecular flexibility index (Phi) is 7.70. The first-order valence-electron chi connectivity index (χ1n) is 13.2. The Morgan fingerprint density at radius 3 is 2.85 bits per heavy atom. The number of ether oxygens (including phenoxy) is 1. The van der Waals surface area contributed by atoms with E-state index in [-0.39, 0.29) is 11.7 Å². The van der Waals surface area contributed by atoms with Crippen molar-refractivity contribution in [1.29, 1.82) is 5.41 Å². The van der Waals surface area contributed by atoms with E-state index in [4.69, 9.17) is 10.1 Å². The van der Waals surface area contributed by atoms with Crippen LogP contribution in [0.4, 0.5) is 4.39 Å². The van der Waals surface area contributed by atoms with Crippen LogP contribution in [0, 0.1) is 11.2 Å². The van der Waals surface area contributed by atoms with Crippen molar-refractivity contribution in [1.82, 2.24) is 30.1 Å². The number of hydrogen-bond acceptors (Lipinski definition) is 6. The second-order valence-corrected chi connectivity index (χ2v) is 10.3. The highest BCUT2D eigenvalue weighted by atomic mass is 19.1. The van der Waals surface area contributed by atoms with Gasteiger partial charge in [-0.2, -0.15) is 5.10 Å². The van der Waals surface area contributed by atoms with Crippen LogP contribution in [0.25, 0.3) is 22.2 Å². The molecule has 9 heteroatoms. The molecular formula is C30H34FN7O. The summed E-state index contributed by atoms with van der Waals surface area (Å²) in [5, 5.41) is 25.4. The second-order valence-electron chi connectivity index (χ2n) is 10.3. The molecule has 2 N–H and O–H groups in total. The monoisotopic (exact) mass is 527 g/mol. The average molecular weight is 528 g/mol. The number of likely N-dealkylation sites (tertiary alicyclic amines) is 1. The first-order valence-corrected chi connectivity index (χ1v) is 13.2. The Bertz CT molecular complexity index is 1560. The number of rotatable bonds is 8. The van der Waals surface area contributed by atoms with Gasteiger partial charge in [-0.25, -0.2) is 9.07 Å². The number of H-pyrrole nitrogens is 1. The molecule has 8 nitrogen and oxygen atoms in total. The predicted molar refractivity (Wildman–Crippen MR) is 152 cm³/mol. The highest BCUT2D eigenvalue weighted by Crippen LogP contribution is 2.31. The number of nitrogens with one attached hydrogen (secondary N) is 2. The number of aromatic nitrogens is 5. The Balaban J connectivity index is 1.40. The van der Waals surface area contributed by atoms with Crippen molar-refractivity contribution >= 4 is 22.7 Å². The van der Waals surface area contributed by atoms with Crippen LogP contribution >= 0.6 is 0 Å². The third-order valence-corrected chi connectivity index (χ3v) is 7.25. The first-order chi connectivity index (χ1) is 18.9. The predicted octanol–water partition coefficient (Wildman–Crippen LogP) is 6.06. The third kappa shape index (κ3) is 5.54. The molecule has 1 atom stereocenters. The molecule has 0 aliphatic carbocycles. The van der Waals surface area contributed by atoms with Crippen LogP contribution in [0.3, 0.4) is 0 Å². The van der Waals surface area contributed by atoms with Crippen LogP contribution in [-0.4, -0.2) is 56.5 Å². The van der Waals surface area contributed by atoms with Crippen molar-refractivity contribution < 1.29 is 9.13 Å². The van der Waals surface area contributed by atoms with E-state index in [1.54, 1.807) is 23.9 Å². The van der Waals surface area contributed by atoms with Gasteiger partial charge < -0.3 is 10.1 Å². The zero-order valence-electron chi connectivity index (χ0n) is 22.8. The van der Waals surface area contributed by atoms with Crippen molar-refractivity contribution in [2.45, 2.75) is 46.1 Å². The van der Waals surface area contributed by atoms with Gasteiger partial charge in [-0.1, -0.05) is 22.9 Å². The average Bonchev–Trinajstić information content (AvgIpc) is 3.60. The molecule has 0 radical (unpaired) electrons. The highest BCUT2D eigenvalue weighted by molar-refractivity contribution is 6.00. The minimum atomic E-state index is -0.241. The fraction of sp³-hybridized carbons (Fsp3) is 0.333. The molecule has 2 aromatic carbocycles. The standard InChI is InChI=1S/C30H34FN7O/c1-19(2)13-23(20(3)15-32)30-24-14-22(10-11-27(24)33-35-30)38-18-28(34-36-38)21-7-6-12-37(16-21)17-25-26(31)8-5-9-29(25)39-4/h5,8-11,13-15,18,21,32H,6-7,12,16-17H2,1-4H3,(H,33,35)/b23-20+,32-15?/t21-/m1/s1. The molecule has 3 heterocycles. The lowest BCUT2D eigenvalue weighted by Crippen LogP contribution is -2.34. The molecule has 202 valence electrons. The maximum Gasteiger partial charge on any atom is 0.131 e. The van der Waals surface area contributed by atoms with Gasteiger partial charge in [0.05, 0.1) is 30.2 Å². The maximum atomic E-state index is 14.5. The molecule has 1 saturated heterocycles. The van der Waals surface area contributed by atoms with Crippen molar-refractivity contribution in [3.63, 3.8) is 0 Å². The molecule has 5 rings (SSSR count). The van der Waals surface area contributed by atoms with Crippen molar-refractivity contribution in [2.75, 3.05) is 20.2 Å². The van der Waals surface area contributed by atoms with E-state index < -0.39 is 0 Å². The number of fused-ring (bicyclic) bond motifs is 1. The zero-order chi connectivity index (χ0) is 27.5. The van der Waals surface area contributed by atoms with Crippen LogP contribution in [0.5, 0.6) is 5.75 Å². The fourth-order valence-electron chi connectivity index (χ4n) is 5.22. The summed E-state index contributed by atoms with van der Waals surface area (Å²) < 4.78 is 21.7. The van der Waals surface area contributed by atoms with Gasteiger partial charge in [0.15, 0.2) is 0 Å². The van der Waals surface area contributed by atoms with Crippen LogP contribution in [0.15, 0.2) is 59.8 Å². The lowest BCUT2D eigenvalue weighted by atomic mass is 9.95. The largest absolute Gasteiger partial charge is 0.496 e. The van der Waals surface area contributed by atoms with Gasteiger partial charge in [0.2, 0.25) is 0 Å². The number of benzene rings is 2. The topological polar surface area (TPSA) is 95.7 Å². The third-order valence-electron chi connectivity index (χ3n) is 7.25. The van der Waals surface area contributed by atoms with E-state index >= 15 is 0 Å². The number of methoxy groups -OCH3 is 1. The van der Waals surface area contributed by atoms with E-state index in [0.717, 1.165) is 70.6 Å². The quantitative estimate of drug-likeness (QED) is 0.215. The fourth-order valence-corrected chi connectivity index (χ4v) is 5.22. The van der Waals surface area contributed by atoms with Gasteiger partial charge >= 0.3 is 0 Å². The molecule has 0 amide bonds.